The first-order valence-corrected chi connectivity index (χ1v) is 6.77. The maximum absolute atomic E-state index is 4.45. The molecule has 2 atom stereocenters. The van der Waals surface area contributed by atoms with E-state index < -0.39 is 0 Å². The van der Waals surface area contributed by atoms with Crippen molar-refractivity contribution in [2.75, 3.05) is 5.32 Å². The van der Waals surface area contributed by atoms with Gasteiger partial charge in [-0.25, -0.2) is 9.50 Å². The molecule has 1 fully saturated rings. The molecule has 18 heavy (non-hydrogen) atoms. The molecule has 1 N–H and O–H groups in total. The van der Waals surface area contributed by atoms with E-state index in [0.29, 0.717) is 6.04 Å². The van der Waals surface area contributed by atoms with Crippen LogP contribution in [0.1, 0.15) is 33.1 Å². The number of aromatic nitrogens is 3. The van der Waals surface area contributed by atoms with E-state index in [0.717, 1.165) is 23.2 Å². The highest BCUT2D eigenvalue weighted by Crippen LogP contribution is 2.30. The molecule has 4 nitrogen and oxygen atoms in total. The molecule has 0 amide bonds. The first kappa shape index (κ1) is 11.5. The summed E-state index contributed by atoms with van der Waals surface area (Å²) in [4.78, 5) is 4.45. The third-order valence-electron chi connectivity index (χ3n) is 3.84. The van der Waals surface area contributed by atoms with Gasteiger partial charge in [-0.2, -0.15) is 5.10 Å². The van der Waals surface area contributed by atoms with Gasteiger partial charge in [-0.1, -0.05) is 13.8 Å². The van der Waals surface area contributed by atoms with E-state index in [9.17, 15) is 0 Å². The van der Waals surface area contributed by atoms with E-state index in [2.05, 4.69) is 29.2 Å². The summed E-state index contributed by atoms with van der Waals surface area (Å²) in [5.41, 5.74) is 1.06. The van der Waals surface area contributed by atoms with E-state index in [1.165, 1.54) is 19.3 Å². The Bertz CT molecular complexity index is 523. The Morgan fingerprint density at radius 3 is 2.72 bits per heavy atom. The normalized spacial score (nSPS) is 28.4. The molecule has 1 aliphatic rings. The molecular weight excluding hydrogens is 224 g/mol. The largest absolute Gasteiger partial charge is 0.366 e. The molecule has 2 heterocycles. The van der Waals surface area contributed by atoms with Gasteiger partial charge in [-0.15, -0.1) is 0 Å². The van der Waals surface area contributed by atoms with Crippen molar-refractivity contribution in [2.24, 2.45) is 11.8 Å². The van der Waals surface area contributed by atoms with Crippen LogP contribution in [0.15, 0.2) is 24.7 Å². The van der Waals surface area contributed by atoms with Crippen LogP contribution in [0.25, 0.3) is 5.52 Å². The highest BCUT2D eigenvalue weighted by atomic mass is 15.2. The van der Waals surface area contributed by atoms with Gasteiger partial charge < -0.3 is 5.32 Å². The van der Waals surface area contributed by atoms with E-state index in [4.69, 9.17) is 0 Å². The summed E-state index contributed by atoms with van der Waals surface area (Å²) in [5.74, 6) is 2.56. The lowest BCUT2D eigenvalue weighted by Crippen LogP contribution is -2.30. The fourth-order valence-corrected chi connectivity index (χ4v) is 3.23. The zero-order valence-corrected chi connectivity index (χ0v) is 11.0. The molecular formula is C14H20N4. The zero-order valence-electron chi connectivity index (χ0n) is 11.0. The van der Waals surface area contributed by atoms with Gasteiger partial charge in [0.1, 0.15) is 5.52 Å². The number of hydrogen-bond donors (Lipinski definition) is 1. The van der Waals surface area contributed by atoms with Crippen molar-refractivity contribution in [3.8, 4) is 0 Å². The molecule has 0 bridgehead atoms. The summed E-state index contributed by atoms with van der Waals surface area (Å²) < 4.78 is 1.87. The molecule has 1 saturated carbocycles. The predicted octanol–water partition coefficient (Wildman–Crippen LogP) is 2.97. The van der Waals surface area contributed by atoms with E-state index >= 15 is 0 Å². The van der Waals surface area contributed by atoms with Crippen molar-refractivity contribution in [2.45, 2.75) is 39.2 Å². The predicted molar refractivity (Wildman–Crippen MR) is 72.6 cm³/mol. The van der Waals surface area contributed by atoms with Crippen LogP contribution < -0.4 is 5.32 Å². The number of nitrogens with one attached hydrogen (secondary N) is 1. The summed E-state index contributed by atoms with van der Waals surface area (Å²) in [6.07, 6.45) is 9.32. The second kappa shape index (κ2) is 4.59. The molecule has 4 heteroatoms. The first-order valence-electron chi connectivity index (χ1n) is 6.77. The maximum atomic E-state index is 4.45. The summed E-state index contributed by atoms with van der Waals surface area (Å²) in [7, 11) is 0. The molecule has 0 aromatic carbocycles. The fourth-order valence-electron chi connectivity index (χ4n) is 3.23. The van der Waals surface area contributed by atoms with Crippen LogP contribution in [0.2, 0.25) is 0 Å². The van der Waals surface area contributed by atoms with Gasteiger partial charge in [0.2, 0.25) is 0 Å². The van der Waals surface area contributed by atoms with Crippen molar-refractivity contribution < 1.29 is 0 Å². The second-order valence-corrected chi connectivity index (χ2v) is 5.70. The molecule has 96 valence electrons. The monoisotopic (exact) mass is 244 g/mol. The first-order chi connectivity index (χ1) is 8.72. The number of anilines is 1. The highest BCUT2D eigenvalue weighted by molar-refractivity contribution is 5.67. The Hall–Kier alpha value is -1.58. The van der Waals surface area contributed by atoms with Crippen LogP contribution in [0.5, 0.6) is 0 Å². The smallest absolute Gasteiger partial charge is 0.152 e. The minimum absolute atomic E-state index is 0.539. The summed E-state index contributed by atoms with van der Waals surface area (Å²) in [6, 6.07) is 2.54. The average molecular weight is 244 g/mol. The molecule has 2 aromatic rings. The van der Waals surface area contributed by atoms with Crippen molar-refractivity contribution in [3.63, 3.8) is 0 Å². The molecule has 0 aliphatic heterocycles. The lowest BCUT2D eigenvalue weighted by Gasteiger charge is -2.32. The summed E-state index contributed by atoms with van der Waals surface area (Å²) in [6.45, 7) is 4.69. The molecule has 1 aliphatic carbocycles. The van der Waals surface area contributed by atoms with E-state index in [-0.39, 0.29) is 0 Å². The van der Waals surface area contributed by atoms with E-state index in [1.54, 1.807) is 6.20 Å². The maximum Gasteiger partial charge on any atom is 0.152 e. The van der Waals surface area contributed by atoms with Gasteiger partial charge in [-0.05, 0) is 37.2 Å². The number of fused-ring (bicyclic) bond motifs is 1. The lowest BCUT2D eigenvalue weighted by molar-refractivity contribution is 0.280. The summed E-state index contributed by atoms with van der Waals surface area (Å²) in [5, 5.41) is 7.84. The van der Waals surface area contributed by atoms with Crippen LogP contribution in [-0.2, 0) is 0 Å². The highest BCUT2D eigenvalue weighted by Gasteiger charge is 2.24. The fraction of sp³-hybridized carbons (Fsp3) is 0.571. The number of rotatable bonds is 2. The molecule has 0 spiro atoms. The van der Waals surface area contributed by atoms with Crippen LogP contribution in [0.4, 0.5) is 5.82 Å². The van der Waals surface area contributed by atoms with Crippen LogP contribution in [-0.4, -0.2) is 20.6 Å². The Kier molecular flexibility index (Phi) is 2.94. The third-order valence-corrected chi connectivity index (χ3v) is 3.84. The van der Waals surface area contributed by atoms with Gasteiger partial charge >= 0.3 is 0 Å². The van der Waals surface area contributed by atoms with Gasteiger partial charge in [0, 0.05) is 18.4 Å². The lowest BCUT2D eigenvalue weighted by atomic mass is 9.80. The van der Waals surface area contributed by atoms with Crippen LogP contribution in [0.3, 0.4) is 0 Å². The molecule has 0 saturated heterocycles. The quantitative estimate of drug-likeness (QED) is 0.883. The second-order valence-electron chi connectivity index (χ2n) is 5.70. The van der Waals surface area contributed by atoms with Gasteiger partial charge in [0.05, 0.1) is 6.20 Å². The Morgan fingerprint density at radius 2 is 1.94 bits per heavy atom. The third kappa shape index (κ3) is 2.19. The minimum Gasteiger partial charge on any atom is -0.366 e. The van der Waals surface area contributed by atoms with Crippen LogP contribution >= 0.6 is 0 Å². The van der Waals surface area contributed by atoms with Crippen molar-refractivity contribution >= 4 is 11.3 Å². The Morgan fingerprint density at radius 1 is 1.17 bits per heavy atom. The standard InChI is InChI=1S/C14H20N4/c1-10-7-11(2)9-12(8-10)17-14-13-3-4-16-18(13)6-5-15-14/h3-6,10-12H,7-9H2,1-2H3,(H,15,17). The molecule has 0 radical (unpaired) electrons. The number of hydrogen-bond acceptors (Lipinski definition) is 3. The Labute approximate surface area is 107 Å². The van der Waals surface area contributed by atoms with Crippen molar-refractivity contribution in [1.29, 1.82) is 0 Å². The minimum atomic E-state index is 0.539. The average Bonchev–Trinajstić information content (AvgIpc) is 2.76. The zero-order chi connectivity index (χ0) is 12.5. The molecule has 3 rings (SSSR count). The SMILES string of the molecule is CC1CC(C)CC(Nc2nccn3nccc23)C1. The Balaban J connectivity index is 1.81. The van der Waals surface area contributed by atoms with Crippen molar-refractivity contribution in [3.05, 3.63) is 24.7 Å². The van der Waals surface area contributed by atoms with Gasteiger partial charge in [0.15, 0.2) is 5.82 Å². The van der Waals surface area contributed by atoms with Crippen LogP contribution in [0, 0.1) is 11.8 Å². The van der Waals surface area contributed by atoms with E-state index in [1.807, 2.05) is 23.0 Å². The topological polar surface area (TPSA) is 42.2 Å². The van der Waals surface area contributed by atoms with Gasteiger partial charge in [-0.3, -0.25) is 0 Å². The molecule has 2 unspecified atom stereocenters. The molecule has 2 aromatic heterocycles. The summed E-state index contributed by atoms with van der Waals surface area (Å²) >= 11 is 0. The van der Waals surface area contributed by atoms with Gasteiger partial charge in [0.25, 0.3) is 0 Å². The van der Waals surface area contributed by atoms with Crippen molar-refractivity contribution in [1.82, 2.24) is 14.6 Å². The number of nitrogens with zero attached hydrogens (tertiary/aromatic N) is 3.